The molecule has 0 bridgehead atoms. The monoisotopic (exact) mass is 265 g/mol. The first-order chi connectivity index (χ1) is 9.28. The van der Waals surface area contributed by atoms with Crippen molar-refractivity contribution in [2.75, 3.05) is 44.1 Å². The standard InChI is InChI=1S/C14H23N3O2/c1-4-6-15-14-8-11(5-7-16-14)17-9-12(18-2)13(10-17)19-3/h5,7-8,12-13H,4,6,9-10H2,1-3H3,(H,15,16). The van der Waals surface area contributed by atoms with E-state index in [0.29, 0.717) is 0 Å². The minimum atomic E-state index is 0.130. The fourth-order valence-electron chi connectivity index (χ4n) is 2.37. The van der Waals surface area contributed by atoms with Crippen LogP contribution in [0.15, 0.2) is 18.3 Å². The van der Waals surface area contributed by atoms with Crippen LogP contribution in [0.4, 0.5) is 11.5 Å². The third kappa shape index (κ3) is 3.36. The molecule has 1 fully saturated rings. The summed E-state index contributed by atoms with van der Waals surface area (Å²) < 4.78 is 10.9. The third-order valence-electron chi connectivity index (χ3n) is 3.49. The Kier molecular flexibility index (Phi) is 4.99. The predicted molar refractivity (Wildman–Crippen MR) is 76.8 cm³/mol. The first-order valence-corrected chi connectivity index (χ1v) is 6.79. The summed E-state index contributed by atoms with van der Waals surface area (Å²) in [7, 11) is 3.47. The minimum absolute atomic E-state index is 0.130. The highest BCUT2D eigenvalue weighted by Crippen LogP contribution is 2.24. The van der Waals surface area contributed by atoms with Gasteiger partial charge in [-0.1, -0.05) is 6.92 Å². The molecule has 1 aromatic rings. The van der Waals surface area contributed by atoms with E-state index in [4.69, 9.17) is 9.47 Å². The van der Waals surface area contributed by atoms with Crippen LogP contribution in [0.3, 0.4) is 0 Å². The van der Waals surface area contributed by atoms with E-state index in [2.05, 4.69) is 28.2 Å². The molecule has 1 aliphatic heterocycles. The zero-order valence-corrected chi connectivity index (χ0v) is 11.9. The van der Waals surface area contributed by atoms with Crippen molar-refractivity contribution >= 4 is 11.5 Å². The number of hydrogen-bond acceptors (Lipinski definition) is 5. The number of nitrogens with zero attached hydrogens (tertiary/aromatic N) is 2. The van der Waals surface area contributed by atoms with Gasteiger partial charge in [0.05, 0.1) is 0 Å². The van der Waals surface area contributed by atoms with Gasteiger partial charge in [0.25, 0.3) is 0 Å². The van der Waals surface area contributed by atoms with Crippen molar-refractivity contribution in [1.82, 2.24) is 4.98 Å². The number of pyridine rings is 1. The Hall–Kier alpha value is -1.33. The van der Waals surface area contributed by atoms with Gasteiger partial charge in [-0.2, -0.15) is 0 Å². The number of methoxy groups -OCH3 is 2. The highest BCUT2D eigenvalue weighted by atomic mass is 16.5. The van der Waals surface area contributed by atoms with E-state index in [-0.39, 0.29) is 12.2 Å². The molecule has 2 unspecified atom stereocenters. The van der Waals surface area contributed by atoms with Gasteiger partial charge in [0, 0.05) is 51.8 Å². The molecule has 1 N–H and O–H groups in total. The van der Waals surface area contributed by atoms with Gasteiger partial charge < -0.3 is 19.7 Å². The normalized spacial score (nSPS) is 22.8. The number of ether oxygens (including phenoxy) is 2. The summed E-state index contributed by atoms with van der Waals surface area (Å²) in [4.78, 5) is 6.61. The second-order valence-electron chi connectivity index (χ2n) is 4.78. The quantitative estimate of drug-likeness (QED) is 0.849. The van der Waals surface area contributed by atoms with Gasteiger partial charge in [0.1, 0.15) is 18.0 Å². The summed E-state index contributed by atoms with van der Waals surface area (Å²) in [5.41, 5.74) is 1.16. The fourth-order valence-corrected chi connectivity index (χ4v) is 2.37. The molecular formula is C14H23N3O2. The van der Waals surface area contributed by atoms with Crippen LogP contribution in [0.5, 0.6) is 0 Å². The van der Waals surface area contributed by atoms with E-state index in [1.807, 2.05) is 12.3 Å². The lowest BCUT2D eigenvalue weighted by atomic mass is 10.3. The molecule has 106 valence electrons. The highest BCUT2D eigenvalue weighted by Gasteiger charge is 2.33. The Bertz CT molecular complexity index is 388. The zero-order chi connectivity index (χ0) is 13.7. The second kappa shape index (κ2) is 6.73. The Labute approximate surface area is 114 Å². The van der Waals surface area contributed by atoms with Crippen molar-refractivity contribution in [2.24, 2.45) is 0 Å². The van der Waals surface area contributed by atoms with Gasteiger partial charge in [0.15, 0.2) is 0 Å². The second-order valence-corrected chi connectivity index (χ2v) is 4.78. The molecule has 0 aliphatic carbocycles. The molecule has 0 aromatic carbocycles. The van der Waals surface area contributed by atoms with E-state index in [1.165, 1.54) is 0 Å². The minimum Gasteiger partial charge on any atom is -0.377 e. The molecule has 2 heterocycles. The maximum atomic E-state index is 5.46. The maximum Gasteiger partial charge on any atom is 0.127 e. The van der Waals surface area contributed by atoms with Crippen molar-refractivity contribution in [3.8, 4) is 0 Å². The molecule has 19 heavy (non-hydrogen) atoms. The average molecular weight is 265 g/mol. The summed E-state index contributed by atoms with van der Waals surface area (Å²) in [6, 6.07) is 4.11. The predicted octanol–water partition coefficient (Wildman–Crippen LogP) is 1.75. The topological polar surface area (TPSA) is 46.6 Å². The van der Waals surface area contributed by atoms with Crippen LogP contribution in [-0.4, -0.2) is 51.0 Å². The van der Waals surface area contributed by atoms with Crippen LogP contribution in [0, 0.1) is 0 Å². The van der Waals surface area contributed by atoms with Gasteiger partial charge in [-0.15, -0.1) is 0 Å². The van der Waals surface area contributed by atoms with Crippen LogP contribution in [0.25, 0.3) is 0 Å². The Morgan fingerprint density at radius 2 is 2.00 bits per heavy atom. The average Bonchev–Trinajstić information content (AvgIpc) is 2.88. The molecule has 0 saturated carbocycles. The van der Waals surface area contributed by atoms with Gasteiger partial charge in [-0.3, -0.25) is 0 Å². The van der Waals surface area contributed by atoms with E-state index < -0.39 is 0 Å². The summed E-state index contributed by atoms with van der Waals surface area (Å²) in [6.07, 6.45) is 3.19. The summed E-state index contributed by atoms with van der Waals surface area (Å²) in [5, 5.41) is 3.31. The molecule has 1 aromatic heterocycles. The molecule has 5 heteroatoms. The van der Waals surface area contributed by atoms with E-state index >= 15 is 0 Å². The van der Waals surface area contributed by atoms with Gasteiger partial charge >= 0.3 is 0 Å². The van der Waals surface area contributed by atoms with Gasteiger partial charge in [-0.05, 0) is 12.5 Å². The van der Waals surface area contributed by atoms with Crippen LogP contribution in [-0.2, 0) is 9.47 Å². The molecule has 0 spiro atoms. The van der Waals surface area contributed by atoms with Gasteiger partial charge in [0.2, 0.25) is 0 Å². The molecule has 1 saturated heterocycles. The number of anilines is 2. The van der Waals surface area contributed by atoms with Gasteiger partial charge in [-0.25, -0.2) is 4.98 Å². The van der Waals surface area contributed by atoms with Crippen molar-refractivity contribution in [1.29, 1.82) is 0 Å². The van der Waals surface area contributed by atoms with Crippen molar-refractivity contribution in [3.05, 3.63) is 18.3 Å². The Balaban J connectivity index is 2.05. The van der Waals surface area contributed by atoms with E-state index in [0.717, 1.165) is 37.6 Å². The third-order valence-corrected chi connectivity index (χ3v) is 3.49. The lowest BCUT2D eigenvalue weighted by Gasteiger charge is -2.18. The van der Waals surface area contributed by atoms with Crippen LogP contribution < -0.4 is 10.2 Å². The number of aromatic nitrogens is 1. The van der Waals surface area contributed by atoms with E-state index in [1.54, 1.807) is 14.2 Å². The molecule has 2 rings (SSSR count). The molecule has 0 amide bonds. The SMILES string of the molecule is CCCNc1cc(N2CC(OC)C(OC)C2)ccn1. The molecule has 0 radical (unpaired) electrons. The first-order valence-electron chi connectivity index (χ1n) is 6.79. The van der Waals surface area contributed by atoms with Crippen LogP contribution in [0.2, 0.25) is 0 Å². The van der Waals surface area contributed by atoms with E-state index in [9.17, 15) is 0 Å². The molecule has 5 nitrogen and oxygen atoms in total. The molecule has 2 atom stereocenters. The maximum absolute atomic E-state index is 5.46. The number of nitrogens with one attached hydrogen (secondary N) is 1. The molecular weight excluding hydrogens is 242 g/mol. The summed E-state index contributed by atoms with van der Waals surface area (Å²) in [6.45, 7) is 4.79. The summed E-state index contributed by atoms with van der Waals surface area (Å²) >= 11 is 0. The fraction of sp³-hybridized carbons (Fsp3) is 0.643. The van der Waals surface area contributed by atoms with Crippen LogP contribution >= 0.6 is 0 Å². The van der Waals surface area contributed by atoms with Crippen LogP contribution in [0.1, 0.15) is 13.3 Å². The number of hydrogen-bond donors (Lipinski definition) is 1. The van der Waals surface area contributed by atoms with Crippen molar-refractivity contribution < 1.29 is 9.47 Å². The highest BCUT2D eigenvalue weighted by molar-refractivity contribution is 5.54. The largest absolute Gasteiger partial charge is 0.377 e. The lowest BCUT2D eigenvalue weighted by molar-refractivity contribution is -0.00461. The Morgan fingerprint density at radius 1 is 1.32 bits per heavy atom. The zero-order valence-electron chi connectivity index (χ0n) is 11.9. The smallest absolute Gasteiger partial charge is 0.127 e. The Morgan fingerprint density at radius 3 is 2.58 bits per heavy atom. The molecule has 1 aliphatic rings. The van der Waals surface area contributed by atoms with Crippen molar-refractivity contribution in [3.63, 3.8) is 0 Å². The first kappa shape index (κ1) is 14.1. The number of rotatable bonds is 6. The van der Waals surface area contributed by atoms with Crippen molar-refractivity contribution in [2.45, 2.75) is 25.6 Å². The lowest BCUT2D eigenvalue weighted by Crippen LogP contribution is -2.27. The summed E-state index contributed by atoms with van der Waals surface area (Å²) in [5.74, 6) is 0.925.